The van der Waals surface area contributed by atoms with Gasteiger partial charge in [0.05, 0.1) is 29.5 Å². The van der Waals surface area contributed by atoms with Gasteiger partial charge in [-0.3, -0.25) is 0 Å². The lowest BCUT2D eigenvalue weighted by molar-refractivity contribution is 0.249. The van der Waals surface area contributed by atoms with Gasteiger partial charge in [0.2, 0.25) is 0 Å². The van der Waals surface area contributed by atoms with Crippen LogP contribution in [0.15, 0.2) is 59.5 Å². The molecule has 0 aliphatic carbocycles. The van der Waals surface area contributed by atoms with Gasteiger partial charge in [-0.2, -0.15) is 0 Å². The van der Waals surface area contributed by atoms with E-state index in [2.05, 4.69) is 22.9 Å². The molecule has 3 aromatic rings. The van der Waals surface area contributed by atoms with Crippen molar-refractivity contribution in [3.8, 4) is 5.75 Å². The van der Waals surface area contributed by atoms with Crippen LogP contribution < -0.4 is 20.7 Å². The number of methoxy groups -OCH3 is 1. The first-order chi connectivity index (χ1) is 17.6. The summed E-state index contributed by atoms with van der Waals surface area (Å²) in [5.41, 5.74) is 5.23. The van der Waals surface area contributed by atoms with Gasteiger partial charge in [0, 0.05) is 24.2 Å². The number of benzene rings is 3. The highest BCUT2D eigenvalue weighted by atomic mass is 35.5. The number of anilines is 1. The number of fused-ring (bicyclic) bond motifs is 1. The number of ether oxygens (including phenoxy) is 1. The Bertz CT molecular complexity index is 1420. The van der Waals surface area contributed by atoms with Crippen LogP contribution in [0, 0.1) is 6.92 Å². The second-order valence-electron chi connectivity index (χ2n) is 9.48. The zero-order valence-corrected chi connectivity index (χ0v) is 23.0. The summed E-state index contributed by atoms with van der Waals surface area (Å²) in [5.74, 6) is 0.460. The van der Waals surface area contributed by atoms with E-state index in [-0.39, 0.29) is 22.4 Å². The van der Waals surface area contributed by atoms with E-state index in [1.165, 1.54) is 36.4 Å². The van der Waals surface area contributed by atoms with Crippen LogP contribution >= 0.6 is 11.6 Å². The maximum atomic E-state index is 13.2. The summed E-state index contributed by atoms with van der Waals surface area (Å²) in [5, 5.41) is 9.57. The minimum absolute atomic E-state index is 0.119. The molecule has 9 heteroatoms. The summed E-state index contributed by atoms with van der Waals surface area (Å²) in [4.78, 5) is 12.8. The smallest absolute Gasteiger partial charge is 0.319 e. The van der Waals surface area contributed by atoms with E-state index in [4.69, 9.17) is 16.3 Å². The van der Waals surface area contributed by atoms with Crippen molar-refractivity contribution >= 4 is 33.2 Å². The SMILES string of the molecule is COc1cc(S(=O)(=O)Cc2ccc3c(c2)C(C)CNC3)ccc1NC(=O)N[C@H](C)c1cccc(C)c1Cl. The molecule has 3 aromatic carbocycles. The van der Waals surface area contributed by atoms with Crippen molar-refractivity contribution in [2.45, 2.75) is 49.9 Å². The van der Waals surface area contributed by atoms with Crippen LogP contribution in [0.1, 0.15) is 53.6 Å². The van der Waals surface area contributed by atoms with Crippen LogP contribution in [0.5, 0.6) is 5.75 Å². The number of rotatable bonds is 7. The topological polar surface area (TPSA) is 96.5 Å². The third-order valence-electron chi connectivity index (χ3n) is 6.68. The van der Waals surface area contributed by atoms with Gasteiger partial charge in [-0.05, 0) is 59.7 Å². The van der Waals surface area contributed by atoms with E-state index in [1.54, 1.807) is 0 Å². The Morgan fingerprint density at radius 3 is 2.73 bits per heavy atom. The zero-order chi connectivity index (χ0) is 26.7. The van der Waals surface area contributed by atoms with Crippen molar-refractivity contribution in [2.24, 2.45) is 0 Å². The molecule has 0 fully saturated rings. The van der Waals surface area contributed by atoms with E-state index in [0.717, 1.165) is 29.8 Å². The summed E-state index contributed by atoms with van der Waals surface area (Å²) < 4.78 is 31.9. The predicted molar refractivity (Wildman–Crippen MR) is 147 cm³/mol. The minimum atomic E-state index is -3.64. The maximum Gasteiger partial charge on any atom is 0.319 e. The highest BCUT2D eigenvalue weighted by molar-refractivity contribution is 7.90. The summed E-state index contributed by atoms with van der Waals surface area (Å²) in [7, 11) is -2.20. The lowest BCUT2D eigenvalue weighted by atomic mass is 9.91. The maximum absolute atomic E-state index is 13.2. The zero-order valence-electron chi connectivity index (χ0n) is 21.4. The molecule has 196 valence electrons. The molecule has 1 aliphatic rings. The Balaban J connectivity index is 1.48. The lowest BCUT2D eigenvalue weighted by Crippen LogP contribution is -2.31. The van der Waals surface area contributed by atoms with Crippen molar-refractivity contribution in [1.82, 2.24) is 10.6 Å². The van der Waals surface area contributed by atoms with Crippen LogP contribution in [0.2, 0.25) is 5.02 Å². The fourth-order valence-corrected chi connectivity index (χ4v) is 6.23. The van der Waals surface area contributed by atoms with Crippen LogP contribution in [0.25, 0.3) is 0 Å². The Labute approximate surface area is 223 Å². The molecule has 1 heterocycles. The molecule has 2 atom stereocenters. The molecule has 37 heavy (non-hydrogen) atoms. The van der Waals surface area contributed by atoms with E-state index < -0.39 is 15.9 Å². The molecule has 7 nitrogen and oxygen atoms in total. The molecule has 0 spiro atoms. The molecule has 0 saturated heterocycles. The number of carbonyl (C=O) groups excluding carboxylic acids is 1. The van der Waals surface area contributed by atoms with E-state index in [0.29, 0.717) is 16.6 Å². The minimum Gasteiger partial charge on any atom is -0.495 e. The Morgan fingerprint density at radius 1 is 1.19 bits per heavy atom. The first kappa shape index (κ1) is 27.0. The molecule has 1 unspecified atom stereocenters. The second kappa shape index (κ2) is 11.1. The van der Waals surface area contributed by atoms with Gasteiger partial charge in [0.15, 0.2) is 9.84 Å². The van der Waals surface area contributed by atoms with Gasteiger partial charge < -0.3 is 20.7 Å². The number of nitrogens with one attached hydrogen (secondary N) is 3. The lowest BCUT2D eigenvalue weighted by Gasteiger charge is -2.24. The second-order valence-corrected chi connectivity index (χ2v) is 11.9. The molecule has 4 rings (SSSR count). The van der Waals surface area contributed by atoms with Crippen molar-refractivity contribution in [3.63, 3.8) is 0 Å². The molecule has 0 aromatic heterocycles. The molecule has 0 saturated carbocycles. The number of hydrogen-bond donors (Lipinski definition) is 3. The number of urea groups is 1. The average molecular weight is 542 g/mol. The third-order valence-corrected chi connectivity index (χ3v) is 8.88. The number of carbonyl (C=O) groups is 1. The quantitative estimate of drug-likeness (QED) is 0.355. The van der Waals surface area contributed by atoms with Crippen molar-refractivity contribution in [1.29, 1.82) is 0 Å². The number of amides is 2. The van der Waals surface area contributed by atoms with Crippen molar-refractivity contribution in [2.75, 3.05) is 19.0 Å². The molecule has 0 bridgehead atoms. The molecule has 3 N–H and O–H groups in total. The number of aryl methyl sites for hydroxylation is 1. The number of halogens is 1. The van der Waals surface area contributed by atoms with E-state index in [1.807, 2.05) is 50.2 Å². The highest BCUT2D eigenvalue weighted by Crippen LogP contribution is 2.31. The van der Waals surface area contributed by atoms with Crippen LogP contribution in [-0.4, -0.2) is 28.1 Å². The van der Waals surface area contributed by atoms with Gasteiger partial charge >= 0.3 is 6.03 Å². The molecule has 1 aliphatic heterocycles. The normalized spacial score (nSPS) is 16.0. The first-order valence-corrected chi connectivity index (χ1v) is 14.2. The van der Waals surface area contributed by atoms with Gasteiger partial charge in [-0.15, -0.1) is 0 Å². The Morgan fingerprint density at radius 2 is 1.97 bits per heavy atom. The Kier molecular flexibility index (Phi) is 8.11. The molecular formula is C28H32ClN3O4S. The first-order valence-electron chi connectivity index (χ1n) is 12.1. The van der Waals surface area contributed by atoms with Crippen LogP contribution in [0.4, 0.5) is 10.5 Å². The van der Waals surface area contributed by atoms with Gasteiger partial charge in [-0.1, -0.05) is 54.9 Å². The summed E-state index contributed by atoms with van der Waals surface area (Å²) in [6, 6.07) is 15.2. The Hall–Kier alpha value is -3.07. The fourth-order valence-electron chi connectivity index (χ4n) is 4.60. The summed E-state index contributed by atoms with van der Waals surface area (Å²) in [6.45, 7) is 7.54. The van der Waals surface area contributed by atoms with Gasteiger partial charge in [0.1, 0.15) is 5.75 Å². The van der Waals surface area contributed by atoms with Gasteiger partial charge in [0.25, 0.3) is 0 Å². The van der Waals surface area contributed by atoms with Crippen molar-refractivity contribution in [3.05, 3.63) is 87.4 Å². The number of sulfone groups is 1. The molecule has 0 radical (unpaired) electrons. The largest absolute Gasteiger partial charge is 0.495 e. The average Bonchev–Trinajstić information content (AvgIpc) is 2.86. The predicted octanol–water partition coefficient (Wildman–Crippen LogP) is 5.72. The van der Waals surface area contributed by atoms with E-state index >= 15 is 0 Å². The van der Waals surface area contributed by atoms with Crippen LogP contribution in [-0.2, 0) is 22.1 Å². The van der Waals surface area contributed by atoms with Crippen LogP contribution in [0.3, 0.4) is 0 Å². The van der Waals surface area contributed by atoms with E-state index in [9.17, 15) is 13.2 Å². The fraction of sp³-hybridized carbons (Fsp3) is 0.321. The summed E-state index contributed by atoms with van der Waals surface area (Å²) >= 11 is 6.39. The summed E-state index contributed by atoms with van der Waals surface area (Å²) in [6.07, 6.45) is 0. The standard InChI is InChI=1S/C28H32ClN3O4S/c1-17-6-5-7-23(27(17)29)19(3)31-28(33)32-25-11-10-22(13-26(25)36-4)37(34,35)16-20-8-9-21-15-30-14-18(2)24(21)12-20/h5-13,18-19,30H,14-16H2,1-4H3,(H2,31,32,33)/t18?,19-/m1/s1. The highest BCUT2D eigenvalue weighted by Gasteiger charge is 2.22. The monoisotopic (exact) mass is 541 g/mol. The number of hydrogen-bond acceptors (Lipinski definition) is 5. The van der Waals surface area contributed by atoms with Gasteiger partial charge in [-0.25, -0.2) is 13.2 Å². The molecular weight excluding hydrogens is 510 g/mol. The molecule has 2 amide bonds. The van der Waals surface area contributed by atoms with Crippen molar-refractivity contribution < 1.29 is 17.9 Å². The third kappa shape index (κ3) is 6.09.